The van der Waals surface area contributed by atoms with Gasteiger partial charge in [0, 0.05) is 7.05 Å². The van der Waals surface area contributed by atoms with Crippen molar-refractivity contribution < 1.29 is 10.0 Å². The van der Waals surface area contributed by atoms with E-state index in [0.29, 0.717) is 18.5 Å². The molecule has 1 aliphatic carbocycles. The van der Waals surface area contributed by atoms with Crippen LogP contribution in [0.25, 0.3) is 0 Å². The first-order valence-electron chi connectivity index (χ1n) is 4.89. The van der Waals surface area contributed by atoms with Crippen LogP contribution in [0.5, 0.6) is 0 Å². The van der Waals surface area contributed by atoms with Crippen LogP contribution in [0.1, 0.15) is 25.0 Å². The normalized spacial score (nSPS) is 17.7. The Labute approximate surface area is 86.7 Å². The summed E-state index contributed by atoms with van der Waals surface area (Å²) in [6.07, 6.45) is 3.94. The lowest BCUT2D eigenvalue weighted by Crippen LogP contribution is -2.10. The van der Waals surface area contributed by atoms with Crippen LogP contribution in [-0.2, 0) is 13.5 Å². The van der Waals surface area contributed by atoms with Crippen molar-refractivity contribution >= 4 is 5.69 Å². The van der Waals surface area contributed by atoms with E-state index < -0.39 is 10.5 Å². The first-order chi connectivity index (χ1) is 7.02. The van der Waals surface area contributed by atoms with Gasteiger partial charge < -0.3 is 5.11 Å². The summed E-state index contributed by atoms with van der Waals surface area (Å²) in [6.45, 7) is 0. The van der Waals surface area contributed by atoms with E-state index in [1.807, 2.05) is 0 Å². The highest BCUT2D eigenvalue weighted by molar-refractivity contribution is 5.33. The number of aromatic nitrogens is 2. The van der Waals surface area contributed by atoms with Crippen molar-refractivity contribution in [3.05, 3.63) is 22.0 Å². The van der Waals surface area contributed by atoms with Crippen molar-refractivity contribution in [1.82, 2.24) is 9.78 Å². The highest BCUT2D eigenvalue weighted by Gasteiger charge is 2.40. The van der Waals surface area contributed by atoms with E-state index in [1.165, 1.54) is 10.9 Å². The molecule has 0 atom stereocenters. The molecule has 1 aromatic rings. The minimum atomic E-state index is -0.571. The molecule has 2 rings (SSSR count). The van der Waals surface area contributed by atoms with Gasteiger partial charge in [0.1, 0.15) is 11.9 Å². The molecule has 0 aliphatic heterocycles. The molecule has 0 saturated heterocycles. The van der Waals surface area contributed by atoms with Gasteiger partial charge in [-0.05, 0) is 25.7 Å². The molecule has 0 amide bonds. The quantitative estimate of drug-likeness (QED) is 0.589. The van der Waals surface area contributed by atoms with Crippen LogP contribution >= 0.6 is 0 Å². The van der Waals surface area contributed by atoms with Gasteiger partial charge in [0.25, 0.3) is 0 Å². The standard InChI is InChI=1S/C9H13N3O3/c1-11-7(2-3-9(13)4-5-9)8(6-10-11)12(14)15/h6,13H,2-5H2,1H3. The molecule has 1 heterocycles. The predicted molar refractivity (Wildman–Crippen MR) is 52.4 cm³/mol. The van der Waals surface area contributed by atoms with Crippen molar-refractivity contribution in [2.45, 2.75) is 31.3 Å². The Balaban J connectivity index is 2.11. The fraction of sp³-hybridized carbons (Fsp3) is 0.667. The number of nitrogens with zero attached hydrogens (tertiary/aromatic N) is 3. The number of nitro groups is 1. The molecule has 0 spiro atoms. The van der Waals surface area contributed by atoms with Gasteiger partial charge in [-0.25, -0.2) is 0 Å². The van der Waals surface area contributed by atoms with Gasteiger partial charge in [0.2, 0.25) is 0 Å². The molecular formula is C9H13N3O3. The summed E-state index contributed by atoms with van der Waals surface area (Å²) >= 11 is 0. The van der Waals surface area contributed by atoms with E-state index in [0.717, 1.165) is 12.8 Å². The van der Waals surface area contributed by atoms with E-state index in [1.54, 1.807) is 7.05 Å². The fourth-order valence-electron chi connectivity index (χ4n) is 1.64. The van der Waals surface area contributed by atoms with Crippen LogP contribution < -0.4 is 0 Å². The lowest BCUT2D eigenvalue weighted by molar-refractivity contribution is -0.385. The predicted octanol–water partition coefficient (Wildman–Crippen LogP) is 0.786. The Morgan fingerprint density at radius 3 is 2.93 bits per heavy atom. The van der Waals surface area contributed by atoms with Crippen LogP contribution in [0, 0.1) is 10.1 Å². The molecule has 6 nitrogen and oxygen atoms in total. The fourth-order valence-corrected chi connectivity index (χ4v) is 1.64. The Kier molecular flexibility index (Phi) is 2.22. The van der Waals surface area contributed by atoms with Crippen molar-refractivity contribution in [2.75, 3.05) is 0 Å². The first-order valence-corrected chi connectivity index (χ1v) is 4.89. The SMILES string of the molecule is Cn1ncc([N+](=O)[O-])c1CCC1(O)CC1. The summed E-state index contributed by atoms with van der Waals surface area (Å²) in [5, 5.41) is 24.2. The smallest absolute Gasteiger partial charge is 0.310 e. The maximum Gasteiger partial charge on any atom is 0.310 e. The highest BCUT2D eigenvalue weighted by atomic mass is 16.6. The van der Waals surface area contributed by atoms with Crippen LogP contribution in [0.2, 0.25) is 0 Å². The van der Waals surface area contributed by atoms with Gasteiger partial charge in [-0.3, -0.25) is 14.8 Å². The average Bonchev–Trinajstić information content (AvgIpc) is 2.76. The second kappa shape index (κ2) is 3.30. The van der Waals surface area contributed by atoms with Gasteiger partial charge in [-0.15, -0.1) is 0 Å². The summed E-state index contributed by atoms with van der Waals surface area (Å²) in [7, 11) is 1.68. The molecule has 1 aliphatic rings. The minimum absolute atomic E-state index is 0.0433. The van der Waals surface area contributed by atoms with E-state index in [9.17, 15) is 15.2 Å². The minimum Gasteiger partial charge on any atom is -0.390 e. The summed E-state index contributed by atoms with van der Waals surface area (Å²) in [5.74, 6) is 0. The molecule has 15 heavy (non-hydrogen) atoms. The Morgan fingerprint density at radius 1 is 1.73 bits per heavy atom. The third-order valence-electron chi connectivity index (χ3n) is 2.89. The number of hydrogen-bond donors (Lipinski definition) is 1. The molecule has 0 radical (unpaired) electrons. The second-order valence-corrected chi connectivity index (χ2v) is 4.08. The molecule has 6 heteroatoms. The van der Waals surface area contributed by atoms with Crippen molar-refractivity contribution in [3.8, 4) is 0 Å². The molecule has 1 aromatic heterocycles. The van der Waals surface area contributed by atoms with Gasteiger partial charge in [-0.1, -0.05) is 0 Å². The summed E-state index contributed by atoms with van der Waals surface area (Å²) in [4.78, 5) is 10.2. The summed E-state index contributed by atoms with van der Waals surface area (Å²) < 4.78 is 1.50. The number of aryl methyl sites for hydroxylation is 1. The number of aliphatic hydroxyl groups is 1. The lowest BCUT2D eigenvalue weighted by atomic mass is 10.1. The number of hydrogen-bond acceptors (Lipinski definition) is 4. The molecule has 82 valence electrons. The van der Waals surface area contributed by atoms with Gasteiger partial charge >= 0.3 is 5.69 Å². The molecule has 0 unspecified atom stereocenters. The van der Waals surface area contributed by atoms with Crippen molar-refractivity contribution in [3.63, 3.8) is 0 Å². The Bertz CT molecular complexity index is 395. The lowest BCUT2D eigenvalue weighted by Gasteiger charge is -2.06. The molecular weight excluding hydrogens is 198 g/mol. The maximum atomic E-state index is 10.7. The van der Waals surface area contributed by atoms with E-state index in [-0.39, 0.29) is 5.69 Å². The molecule has 0 bridgehead atoms. The van der Waals surface area contributed by atoms with Crippen LogP contribution in [-0.4, -0.2) is 25.4 Å². The van der Waals surface area contributed by atoms with Crippen LogP contribution in [0.15, 0.2) is 6.20 Å². The van der Waals surface area contributed by atoms with E-state index in [4.69, 9.17) is 0 Å². The van der Waals surface area contributed by atoms with Crippen molar-refractivity contribution in [2.24, 2.45) is 7.05 Å². The summed E-state index contributed by atoms with van der Waals surface area (Å²) in [6, 6.07) is 0. The zero-order valence-electron chi connectivity index (χ0n) is 8.51. The zero-order chi connectivity index (χ0) is 11.1. The maximum absolute atomic E-state index is 10.7. The van der Waals surface area contributed by atoms with Gasteiger partial charge in [0.05, 0.1) is 10.5 Å². The third kappa shape index (κ3) is 1.99. The van der Waals surface area contributed by atoms with Crippen molar-refractivity contribution in [1.29, 1.82) is 0 Å². The summed E-state index contributed by atoms with van der Waals surface area (Å²) in [5.41, 5.74) is 0.0556. The monoisotopic (exact) mass is 211 g/mol. The largest absolute Gasteiger partial charge is 0.390 e. The Morgan fingerprint density at radius 2 is 2.40 bits per heavy atom. The van der Waals surface area contributed by atoms with Gasteiger partial charge in [-0.2, -0.15) is 5.10 Å². The second-order valence-electron chi connectivity index (χ2n) is 4.08. The third-order valence-corrected chi connectivity index (χ3v) is 2.89. The highest BCUT2D eigenvalue weighted by Crippen LogP contribution is 2.39. The van der Waals surface area contributed by atoms with E-state index in [2.05, 4.69) is 5.10 Å². The average molecular weight is 211 g/mol. The zero-order valence-corrected chi connectivity index (χ0v) is 8.51. The Hall–Kier alpha value is -1.43. The number of rotatable bonds is 4. The topological polar surface area (TPSA) is 81.2 Å². The molecule has 1 saturated carbocycles. The first kappa shape index (κ1) is 10.1. The van der Waals surface area contributed by atoms with E-state index >= 15 is 0 Å². The molecule has 1 fully saturated rings. The molecule has 1 N–H and O–H groups in total. The van der Waals surface area contributed by atoms with Crippen LogP contribution in [0.3, 0.4) is 0 Å². The van der Waals surface area contributed by atoms with Crippen LogP contribution in [0.4, 0.5) is 5.69 Å². The molecule has 0 aromatic carbocycles. The van der Waals surface area contributed by atoms with Gasteiger partial charge in [0.15, 0.2) is 0 Å².